The Morgan fingerprint density at radius 1 is 1.25 bits per heavy atom. The number of fused-ring (bicyclic) bond motifs is 1. The maximum atomic E-state index is 13.5. The molecule has 0 spiro atoms. The van der Waals surface area contributed by atoms with Gasteiger partial charge in [-0.05, 0) is 33.6 Å². The summed E-state index contributed by atoms with van der Waals surface area (Å²) in [5, 5.41) is 10.4. The Labute approximate surface area is 125 Å². The largest absolute Gasteiger partial charge is 0.493 e. The van der Waals surface area contributed by atoms with Gasteiger partial charge < -0.3 is 9.84 Å². The van der Waals surface area contributed by atoms with Gasteiger partial charge in [0, 0.05) is 17.9 Å². The van der Waals surface area contributed by atoms with Crippen LogP contribution in [-0.2, 0) is 6.42 Å². The third kappa shape index (κ3) is 2.45. The zero-order valence-corrected chi connectivity index (χ0v) is 12.3. The summed E-state index contributed by atoms with van der Waals surface area (Å²) in [6.07, 6.45) is -0.211. The first-order chi connectivity index (χ1) is 9.66. The van der Waals surface area contributed by atoms with Crippen molar-refractivity contribution >= 4 is 15.9 Å². The quantitative estimate of drug-likeness (QED) is 0.926. The Morgan fingerprint density at radius 3 is 2.90 bits per heavy atom. The molecule has 1 heterocycles. The zero-order valence-electron chi connectivity index (χ0n) is 10.7. The fourth-order valence-electron chi connectivity index (χ4n) is 2.58. The molecule has 0 aliphatic carbocycles. The van der Waals surface area contributed by atoms with Crippen LogP contribution in [0.5, 0.6) is 5.75 Å². The summed E-state index contributed by atoms with van der Waals surface area (Å²) in [5.74, 6) is 0.453. The van der Waals surface area contributed by atoms with Crippen molar-refractivity contribution in [2.75, 3.05) is 6.61 Å². The lowest BCUT2D eigenvalue weighted by atomic mass is 9.91. The molecule has 1 aliphatic heterocycles. The molecule has 2 atom stereocenters. The number of para-hydroxylation sites is 1. The van der Waals surface area contributed by atoms with E-state index in [0.29, 0.717) is 17.5 Å². The summed E-state index contributed by atoms with van der Waals surface area (Å²) in [6, 6.07) is 12.6. The van der Waals surface area contributed by atoms with Gasteiger partial charge in [-0.1, -0.05) is 30.3 Å². The number of hydrogen-bond donors (Lipinski definition) is 1. The minimum Gasteiger partial charge on any atom is -0.493 e. The summed E-state index contributed by atoms with van der Waals surface area (Å²) in [7, 11) is 0. The highest BCUT2D eigenvalue weighted by Gasteiger charge is 2.30. The fraction of sp³-hybridized carbons (Fsp3) is 0.250. The van der Waals surface area contributed by atoms with E-state index in [-0.39, 0.29) is 11.7 Å². The Kier molecular flexibility index (Phi) is 3.76. The van der Waals surface area contributed by atoms with Crippen LogP contribution >= 0.6 is 15.9 Å². The number of benzene rings is 2. The van der Waals surface area contributed by atoms with Gasteiger partial charge >= 0.3 is 0 Å². The topological polar surface area (TPSA) is 29.5 Å². The lowest BCUT2D eigenvalue weighted by Crippen LogP contribution is -2.22. The Balaban J connectivity index is 1.81. The highest BCUT2D eigenvalue weighted by Crippen LogP contribution is 2.37. The van der Waals surface area contributed by atoms with E-state index in [1.807, 2.05) is 30.3 Å². The Morgan fingerprint density at radius 2 is 2.05 bits per heavy atom. The van der Waals surface area contributed by atoms with Gasteiger partial charge in [0.15, 0.2) is 0 Å². The van der Waals surface area contributed by atoms with Crippen LogP contribution in [0.25, 0.3) is 0 Å². The number of ether oxygens (including phenoxy) is 1. The van der Waals surface area contributed by atoms with Crippen molar-refractivity contribution in [3.63, 3.8) is 0 Å². The molecular formula is C16H14BrFO2. The van der Waals surface area contributed by atoms with Crippen molar-refractivity contribution in [2.24, 2.45) is 0 Å². The van der Waals surface area contributed by atoms with Crippen molar-refractivity contribution in [3.05, 3.63) is 63.9 Å². The number of halogens is 2. The van der Waals surface area contributed by atoms with Crippen LogP contribution in [0, 0.1) is 5.82 Å². The predicted octanol–water partition coefficient (Wildman–Crippen LogP) is 3.67. The van der Waals surface area contributed by atoms with Gasteiger partial charge in [0.1, 0.15) is 11.6 Å². The maximum Gasteiger partial charge on any atom is 0.137 e. The van der Waals surface area contributed by atoms with Crippen LogP contribution in [0.2, 0.25) is 0 Å². The van der Waals surface area contributed by atoms with Crippen molar-refractivity contribution in [1.29, 1.82) is 0 Å². The first-order valence-electron chi connectivity index (χ1n) is 6.49. The van der Waals surface area contributed by atoms with Gasteiger partial charge in [0.05, 0.1) is 17.2 Å². The molecular weight excluding hydrogens is 323 g/mol. The van der Waals surface area contributed by atoms with Crippen LogP contribution in [0.1, 0.15) is 17.0 Å². The Bertz CT molecular complexity index is 630. The van der Waals surface area contributed by atoms with Gasteiger partial charge in [-0.2, -0.15) is 0 Å². The van der Waals surface area contributed by atoms with Crippen LogP contribution in [0.4, 0.5) is 4.39 Å². The highest BCUT2D eigenvalue weighted by atomic mass is 79.9. The zero-order chi connectivity index (χ0) is 14.1. The summed E-state index contributed by atoms with van der Waals surface area (Å²) in [4.78, 5) is 0. The van der Waals surface area contributed by atoms with Crippen LogP contribution in [0.3, 0.4) is 0 Å². The molecule has 2 aromatic carbocycles. The molecule has 0 amide bonds. The number of aliphatic hydroxyl groups is 1. The fourth-order valence-corrected chi connectivity index (χ4v) is 3.01. The van der Waals surface area contributed by atoms with E-state index < -0.39 is 6.10 Å². The van der Waals surface area contributed by atoms with Crippen LogP contribution < -0.4 is 4.74 Å². The third-order valence-corrected chi connectivity index (χ3v) is 4.55. The summed E-state index contributed by atoms with van der Waals surface area (Å²) < 4.78 is 19.5. The lowest BCUT2D eigenvalue weighted by Gasteiger charge is -2.18. The second kappa shape index (κ2) is 5.54. The van der Waals surface area contributed by atoms with E-state index in [1.165, 1.54) is 6.07 Å². The summed E-state index contributed by atoms with van der Waals surface area (Å²) >= 11 is 3.23. The third-order valence-electron chi connectivity index (χ3n) is 3.66. The van der Waals surface area contributed by atoms with Crippen molar-refractivity contribution < 1.29 is 14.2 Å². The first-order valence-corrected chi connectivity index (χ1v) is 7.29. The van der Waals surface area contributed by atoms with E-state index in [9.17, 15) is 9.50 Å². The molecule has 0 aromatic heterocycles. The molecule has 4 heteroatoms. The van der Waals surface area contributed by atoms with E-state index in [2.05, 4.69) is 15.9 Å². The second-order valence-electron chi connectivity index (χ2n) is 4.94. The highest BCUT2D eigenvalue weighted by molar-refractivity contribution is 9.10. The van der Waals surface area contributed by atoms with Crippen molar-refractivity contribution in [1.82, 2.24) is 0 Å². The molecule has 0 bridgehead atoms. The smallest absolute Gasteiger partial charge is 0.137 e. The minimum absolute atomic E-state index is 0.0682. The molecule has 2 unspecified atom stereocenters. The van der Waals surface area contributed by atoms with Gasteiger partial charge in [-0.25, -0.2) is 4.39 Å². The van der Waals surface area contributed by atoms with Gasteiger partial charge in [-0.15, -0.1) is 0 Å². The monoisotopic (exact) mass is 336 g/mol. The number of aliphatic hydroxyl groups excluding tert-OH is 1. The van der Waals surface area contributed by atoms with E-state index >= 15 is 0 Å². The summed E-state index contributed by atoms with van der Waals surface area (Å²) in [6.45, 7) is 0.466. The van der Waals surface area contributed by atoms with Crippen LogP contribution in [-0.4, -0.2) is 17.8 Å². The lowest BCUT2D eigenvalue weighted by molar-refractivity contribution is 0.129. The van der Waals surface area contributed by atoms with E-state index in [0.717, 1.165) is 16.9 Å². The molecule has 2 nitrogen and oxygen atoms in total. The molecule has 20 heavy (non-hydrogen) atoms. The van der Waals surface area contributed by atoms with Gasteiger partial charge in [-0.3, -0.25) is 0 Å². The number of hydrogen-bond acceptors (Lipinski definition) is 2. The molecule has 1 aliphatic rings. The standard InChI is InChI=1S/C16H14BrFO2/c17-16-10(4-3-6-13(16)18)8-14(19)12-9-20-15-7-2-1-5-11(12)15/h1-7,12,14,19H,8-9H2. The van der Waals surface area contributed by atoms with Crippen molar-refractivity contribution in [3.8, 4) is 5.75 Å². The number of rotatable bonds is 3. The molecule has 2 aromatic rings. The molecule has 3 rings (SSSR count). The van der Waals surface area contributed by atoms with Crippen LogP contribution in [0.15, 0.2) is 46.9 Å². The minimum atomic E-state index is -0.600. The molecule has 104 valence electrons. The van der Waals surface area contributed by atoms with Gasteiger partial charge in [0.2, 0.25) is 0 Å². The van der Waals surface area contributed by atoms with E-state index in [4.69, 9.17) is 4.74 Å². The maximum absolute atomic E-state index is 13.5. The van der Waals surface area contributed by atoms with E-state index in [1.54, 1.807) is 6.07 Å². The Hall–Kier alpha value is -1.39. The normalized spacial score (nSPS) is 18.4. The molecule has 0 saturated heterocycles. The molecule has 1 N–H and O–H groups in total. The second-order valence-corrected chi connectivity index (χ2v) is 5.73. The molecule has 0 fully saturated rings. The van der Waals surface area contributed by atoms with Gasteiger partial charge in [0.25, 0.3) is 0 Å². The average molecular weight is 337 g/mol. The first kappa shape index (κ1) is 13.6. The van der Waals surface area contributed by atoms with Crippen molar-refractivity contribution in [2.45, 2.75) is 18.4 Å². The average Bonchev–Trinajstić information content (AvgIpc) is 2.88. The molecule has 0 saturated carbocycles. The molecule has 0 radical (unpaired) electrons. The SMILES string of the molecule is OC(Cc1cccc(F)c1Br)C1COc2ccccc21. The predicted molar refractivity (Wildman–Crippen MR) is 78.5 cm³/mol. The summed E-state index contributed by atoms with van der Waals surface area (Å²) in [5.41, 5.74) is 1.79.